The fourth-order valence-corrected chi connectivity index (χ4v) is 1.27. The van der Waals surface area contributed by atoms with E-state index in [1.54, 1.807) is 6.92 Å². The molecule has 2 atom stereocenters. The molecule has 2 unspecified atom stereocenters. The van der Waals surface area contributed by atoms with E-state index in [4.69, 9.17) is 9.84 Å². The summed E-state index contributed by atoms with van der Waals surface area (Å²) in [5.41, 5.74) is 1.04. The minimum absolute atomic E-state index is 0.213. The van der Waals surface area contributed by atoms with Crippen molar-refractivity contribution in [2.24, 2.45) is 0 Å². The summed E-state index contributed by atoms with van der Waals surface area (Å²) < 4.78 is 5.46. The highest BCUT2D eigenvalue weighted by Crippen LogP contribution is 2.16. The third-order valence-corrected chi connectivity index (χ3v) is 2.17. The molecule has 0 fully saturated rings. The molecule has 0 amide bonds. The van der Waals surface area contributed by atoms with Crippen LogP contribution in [0.1, 0.15) is 12.5 Å². The van der Waals surface area contributed by atoms with Crippen LogP contribution in [0.4, 0.5) is 0 Å². The first-order valence-corrected chi connectivity index (χ1v) is 5.37. The molecule has 4 heteroatoms. The first-order chi connectivity index (χ1) is 7.59. The van der Waals surface area contributed by atoms with Crippen LogP contribution in [0.5, 0.6) is 5.75 Å². The number of aryl methyl sites for hydroxylation is 1. The van der Waals surface area contributed by atoms with E-state index in [-0.39, 0.29) is 6.61 Å². The normalized spacial score (nSPS) is 14.5. The van der Waals surface area contributed by atoms with Crippen LogP contribution in [0.2, 0.25) is 0 Å². The van der Waals surface area contributed by atoms with Gasteiger partial charge in [-0.15, -0.1) is 0 Å². The first-order valence-electron chi connectivity index (χ1n) is 5.37. The van der Waals surface area contributed by atoms with Crippen molar-refractivity contribution in [2.45, 2.75) is 26.2 Å². The SMILES string of the molecule is Cc1ccccc1OCC(O)CNC(C)O. The maximum absolute atomic E-state index is 9.55. The highest BCUT2D eigenvalue weighted by Gasteiger charge is 2.07. The van der Waals surface area contributed by atoms with Crippen LogP contribution >= 0.6 is 0 Å². The Kier molecular flexibility index (Phi) is 5.25. The standard InChI is InChI=1S/C12H19NO3/c1-9-5-3-4-6-12(9)16-8-11(15)7-13-10(2)14/h3-6,10-11,13-15H,7-8H2,1-2H3. The molecular formula is C12H19NO3. The van der Waals surface area contributed by atoms with Crippen molar-refractivity contribution in [2.75, 3.05) is 13.2 Å². The van der Waals surface area contributed by atoms with Crippen LogP contribution in [0.25, 0.3) is 0 Å². The average Bonchev–Trinajstić information content (AvgIpc) is 2.25. The lowest BCUT2D eigenvalue weighted by atomic mass is 10.2. The number of nitrogens with one attached hydrogen (secondary N) is 1. The Bertz CT molecular complexity index is 315. The van der Waals surface area contributed by atoms with Crippen molar-refractivity contribution in [1.29, 1.82) is 0 Å². The minimum Gasteiger partial charge on any atom is -0.491 e. The molecule has 16 heavy (non-hydrogen) atoms. The Morgan fingerprint density at radius 3 is 2.62 bits per heavy atom. The van der Waals surface area contributed by atoms with Gasteiger partial charge in [0.25, 0.3) is 0 Å². The molecule has 0 heterocycles. The van der Waals surface area contributed by atoms with Gasteiger partial charge in [-0.3, -0.25) is 5.32 Å². The summed E-state index contributed by atoms with van der Waals surface area (Å²) in [7, 11) is 0. The van der Waals surface area contributed by atoms with Gasteiger partial charge in [-0.1, -0.05) is 18.2 Å². The molecule has 4 nitrogen and oxygen atoms in total. The Hall–Kier alpha value is -1.10. The zero-order valence-electron chi connectivity index (χ0n) is 9.68. The Morgan fingerprint density at radius 2 is 2.00 bits per heavy atom. The summed E-state index contributed by atoms with van der Waals surface area (Å²) in [6, 6.07) is 7.65. The zero-order chi connectivity index (χ0) is 12.0. The first kappa shape index (κ1) is 13.0. The van der Waals surface area contributed by atoms with Crippen LogP contribution in [0, 0.1) is 6.92 Å². The van der Waals surface area contributed by atoms with E-state index in [0.717, 1.165) is 11.3 Å². The van der Waals surface area contributed by atoms with Gasteiger partial charge in [-0.25, -0.2) is 0 Å². The Balaban J connectivity index is 2.31. The number of ether oxygens (including phenoxy) is 1. The number of para-hydroxylation sites is 1. The predicted molar refractivity (Wildman–Crippen MR) is 62.4 cm³/mol. The molecule has 0 radical (unpaired) electrons. The molecule has 1 aromatic rings. The van der Waals surface area contributed by atoms with Gasteiger partial charge in [0.05, 0.1) is 0 Å². The number of aliphatic hydroxyl groups excluding tert-OH is 2. The van der Waals surface area contributed by atoms with Gasteiger partial charge in [0.15, 0.2) is 0 Å². The minimum atomic E-state index is -0.630. The van der Waals surface area contributed by atoms with Crippen molar-refractivity contribution in [3.63, 3.8) is 0 Å². The molecule has 0 aliphatic rings. The molecule has 0 bridgehead atoms. The quantitative estimate of drug-likeness (QED) is 0.622. The molecule has 0 aromatic heterocycles. The number of hydrogen-bond acceptors (Lipinski definition) is 4. The monoisotopic (exact) mass is 225 g/mol. The van der Waals surface area contributed by atoms with E-state index < -0.39 is 12.3 Å². The largest absolute Gasteiger partial charge is 0.491 e. The topological polar surface area (TPSA) is 61.7 Å². The Morgan fingerprint density at radius 1 is 1.31 bits per heavy atom. The van der Waals surface area contributed by atoms with E-state index in [1.807, 2.05) is 31.2 Å². The van der Waals surface area contributed by atoms with Crippen LogP contribution < -0.4 is 10.1 Å². The van der Waals surface area contributed by atoms with E-state index >= 15 is 0 Å². The summed E-state index contributed by atoms with van der Waals surface area (Å²) >= 11 is 0. The number of hydrogen-bond donors (Lipinski definition) is 3. The van der Waals surface area contributed by atoms with Crippen LogP contribution in [0.15, 0.2) is 24.3 Å². The van der Waals surface area contributed by atoms with Crippen molar-refractivity contribution >= 4 is 0 Å². The van der Waals surface area contributed by atoms with Gasteiger partial charge in [0.2, 0.25) is 0 Å². The third kappa shape index (κ3) is 4.61. The van der Waals surface area contributed by atoms with Crippen molar-refractivity contribution in [3.05, 3.63) is 29.8 Å². The lowest BCUT2D eigenvalue weighted by Gasteiger charge is -2.15. The molecule has 0 aliphatic carbocycles. The van der Waals surface area contributed by atoms with Crippen molar-refractivity contribution < 1.29 is 14.9 Å². The van der Waals surface area contributed by atoms with Gasteiger partial charge < -0.3 is 14.9 Å². The fraction of sp³-hybridized carbons (Fsp3) is 0.500. The van der Waals surface area contributed by atoms with E-state index in [9.17, 15) is 5.11 Å². The summed E-state index contributed by atoms with van der Waals surface area (Å²) in [5, 5.41) is 21.2. The Labute approximate surface area is 95.9 Å². The molecule has 1 rings (SSSR count). The zero-order valence-corrected chi connectivity index (χ0v) is 9.68. The number of aliphatic hydroxyl groups is 2. The summed E-state index contributed by atoms with van der Waals surface area (Å²) in [5.74, 6) is 0.776. The summed E-state index contributed by atoms with van der Waals surface area (Å²) in [6.45, 7) is 4.08. The van der Waals surface area contributed by atoms with Gasteiger partial charge in [-0.2, -0.15) is 0 Å². The molecule has 0 saturated heterocycles. The smallest absolute Gasteiger partial charge is 0.122 e. The molecule has 0 aliphatic heterocycles. The fourth-order valence-electron chi connectivity index (χ4n) is 1.27. The maximum atomic E-state index is 9.55. The highest BCUT2D eigenvalue weighted by molar-refractivity contribution is 5.31. The number of benzene rings is 1. The van der Waals surface area contributed by atoms with Gasteiger partial charge in [-0.05, 0) is 25.5 Å². The maximum Gasteiger partial charge on any atom is 0.122 e. The lowest BCUT2D eigenvalue weighted by Crippen LogP contribution is -2.36. The third-order valence-electron chi connectivity index (χ3n) is 2.17. The molecule has 1 aromatic carbocycles. The lowest BCUT2D eigenvalue weighted by molar-refractivity contribution is 0.0801. The summed E-state index contributed by atoms with van der Waals surface area (Å²) in [6.07, 6.45) is -1.25. The predicted octanol–water partition coefficient (Wildman–Crippen LogP) is 0.663. The highest BCUT2D eigenvalue weighted by atomic mass is 16.5. The van der Waals surface area contributed by atoms with Crippen LogP contribution in [-0.2, 0) is 0 Å². The van der Waals surface area contributed by atoms with Crippen LogP contribution in [-0.4, -0.2) is 35.7 Å². The molecular weight excluding hydrogens is 206 g/mol. The second-order valence-electron chi connectivity index (χ2n) is 3.81. The van der Waals surface area contributed by atoms with Crippen LogP contribution in [0.3, 0.4) is 0 Å². The van der Waals surface area contributed by atoms with E-state index in [0.29, 0.717) is 6.54 Å². The molecule has 90 valence electrons. The average molecular weight is 225 g/mol. The second-order valence-corrected chi connectivity index (χ2v) is 3.81. The van der Waals surface area contributed by atoms with Gasteiger partial charge in [0.1, 0.15) is 24.7 Å². The molecule has 3 N–H and O–H groups in total. The number of rotatable bonds is 6. The molecule has 0 spiro atoms. The van der Waals surface area contributed by atoms with E-state index in [1.165, 1.54) is 0 Å². The van der Waals surface area contributed by atoms with E-state index in [2.05, 4.69) is 5.32 Å². The van der Waals surface area contributed by atoms with Gasteiger partial charge in [0, 0.05) is 6.54 Å². The van der Waals surface area contributed by atoms with Crippen molar-refractivity contribution in [1.82, 2.24) is 5.32 Å². The van der Waals surface area contributed by atoms with Gasteiger partial charge >= 0.3 is 0 Å². The second kappa shape index (κ2) is 6.48. The summed E-state index contributed by atoms with van der Waals surface area (Å²) in [4.78, 5) is 0. The van der Waals surface area contributed by atoms with Crippen molar-refractivity contribution in [3.8, 4) is 5.75 Å². The molecule has 0 saturated carbocycles.